The lowest BCUT2D eigenvalue weighted by molar-refractivity contribution is 0.0531. The van der Waals surface area contributed by atoms with E-state index in [2.05, 4.69) is 36.0 Å². The third-order valence-electron chi connectivity index (χ3n) is 3.56. The van der Waals surface area contributed by atoms with Crippen LogP contribution in [0.2, 0.25) is 0 Å². The van der Waals surface area contributed by atoms with Gasteiger partial charge in [0.25, 0.3) is 0 Å². The minimum absolute atomic E-state index is 0.109. The van der Waals surface area contributed by atoms with Gasteiger partial charge in [-0.05, 0) is 24.8 Å². The normalized spacial score (nSPS) is 12.2. The number of hydrogen-bond donors (Lipinski definition) is 0. The number of fused-ring (bicyclic) bond motifs is 3. The molecule has 0 aliphatic heterocycles. The molecule has 0 saturated heterocycles. The lowest BCUT2D eigenvalue weighted by atomic mass is 9.92. The van der Waals surface area contributed by atoms with E-state index in [4.69, 9.17) is 4.74 Å². The second-order valence-corrected chi connectivity index (χ2v) is 7.75. The second kappa shape index (κ2) is 5.56. The molecule has 7 heteroatoms. The zero-order chi connectivity index (χ0) is 16.8. The van der Waals surface area contributed by atoms with E-state index in [1.165, 1.54) is 11.3 Å². The minimum atomic E-state index is -0.305. The maximum absolute atomic E-state index is 12.1. The zero-order valence-electron chi connectivity index (χ0n) is 14.0. The van der Waals surface area contributed by atoms with Crippen LogP contribution in [0.5, 0.6) is 0 Å². The molecule has 122 valence electrons. The third kappa shape index (κ3) is 2.81. The summed E-state index contributed by atoms with van der Waals surface area (Å²) in [5.74, 6) is 0.575. The fraction of sp³-hybridized carbons (Fsp3) is 0.500. The number of esters is 1. The van der Waals surface area contributed by atoms with E-state index in [1.807, 2.05) is 11.3 Å². The molecule has 23 heavy (non-hydrogen) atoms. The summed E-state index contributed by atoms with van der Waals surface area (Å²) in [6.07, 6.45) is 2.54. The van der Waals surface area contributed by atoms with Crippen molar-refractivity contribution in [2.75, 3.05) is 6.61 Å². The Morgan fingerprint density at radius 3 is 2.74 bits per heavy atom. The van der Waals surface area contributed by atoms with Crippen molar-refractivity contribution in [3.05, 3.63) is 22.6 Å². The first-order chi connectivity index (χ1) is 10.8. The molecule has 0 amide bonds. The van der Waals surface area contributed by atoms with E-state index in [-0.39, 0.29) is 11.4 Å². The number of carbonyl (C=O) groups excluding carboxylic acids is 1. The summed E-state index contributed by atoms with van der Waals surface area (Å²) in [6, 6.07) is 0. The van der Waals surface area contributed by atoms with E-state index in [0.29, 0.717) is 11.5 Å². The summed E-state index contributed by atoms with van der Waals surface area (Å²) < 4.78 is 7.04. The molecular formula is C16H20N4O2S. The molecule has 0 N–H and O–H groups in total. The first-order valence-corrected chi connectivity index (χ1v) is 8.42. The number of nitrogens with zero attached hydrogens (tertiary/aromatic N) is 4. The second-order valence-electron chi connectivity index (χ2n) is 6.75. The lowest BCUT2D eigenvalue weighted by Crippen LogP contribution is -2.12. The Bertz CT molecular complexity index is 889. The molecule has 0 fully saturated rings. The van der Waals surface area contributed by atoms with Crippen LogP contribution in [0, 0.1) is 12.3 Å². The first kappa shape index (κ1) is 15.9. The van der Waals surface area contributed by atoms with Gasteiger partial charge in [0, 0.05) is 6.42 Å². The quantitative estimate of drug-likeness (QED) is 0.687. The van der Waals surface area contributed by atoms with Crippen LogP contribution in [0.3, 0.4) is 0 Å². The van der Waals surface area contributed by atoms with E-state index in [1.54, 1.807) is 13.3 Å². The van der Waals surface area contributed by atoms with Gasteiger partial charge in [-0.3, -0.25) is 4.40 Å². The molecule has 0 saturated carbocycles. The van der Waals surface area contributed by atoms with Crippen LogP contribution in [-0.4, -0.2) is 32.2 Å². The van der Waals surface area contributed by atoms with Crippen LogP contribution < -0.4 is 0 Å². The summed E-state index contributed by atoms with van der Waals surface area (Å²) in [5, 5.41) is 9.54. The Kier molecular flexibility index (Phi) is 3.83. The molecule has 0 aromatic carbocycles. The average molecular weight is 332 g/mol. The van der Waals surface area contributed by atoms with Gasteiger partial charge in [0.15, 0.2) is 5.65 Å². The molecule has 0 aliphatic rings. The number of ether oxygens (including phenoxy) is 1. The third-order valence-corrected chi connectivity index (χ3v) is 4.74. The smallest absolute Gasteiger partial charge is 0.348 e. The van der Waals surface area contributed by atoms with Crippen LogP contribution in [0.4, 0.5) is 0 Å². The van der Waals surface area contributed by atoms with E-state index in [9.17, 15) is 4.79 Å². The highest BCUT2D eigenvalue weighted by Gasteiger charge is 2.22. The molecule has 0 spiro atoms. The summed E-state index contributed by atoms with van der Waals surface area (Å²) in [5.41, 5.74) is 1.72. The number of aryl methyl sites for hydroxylation is 1. The zero-order valence-corrected chi connectivity index (χ0v) is 14.8. The summed E-state index contributed by atoms with van der Waals surface area (Å²) in [6.45, 7) is 10.5. The maximum atomic E-state index is 12.1. The lowest BCUT2D eigenvalue weighted by Gasteiger charge is -2.16. The molecule has 0 bridgehead atoms. The molecule has 3 aromatic rings. The number of thiophene rings is 1. The number of carbonyl (C=O) groups is 1. The van der Waals surface area contributed by atoms with Gasteiger partial charge in [-0.2, -0.15) is 0 Å². The van der Waals surface area contributed by atoms with E-state index in [0.717, 1.165) is 33.7 Å². The van der Waals surface area contributed by atoms with Crippen LogP contribution in [0.25, 0.3) is 15.9 Å². The van der Waals surface area contributed by atoms with Gasteiger partial charge >= 0.3 is 5.97 Å². The molecule has 0 atom stereocenters. The monoisotopic (exact) mass is 332 g/mol. The fourth-order valence-electron chi connectivity index (χ4n) is 2.56. The Balaban J connectivity index is 2.18. The van der Waals surface area contributed by atoms with Crippen LogP contribution in [0.15, 0.2) is 6.33 Å². The average Bonchev–Trinajstić information content (AvgIpc) is 2.99. The summed E-state index contributed by atoms with van der Waals surface area (Å²) >= 11 is 1.34. The van der Waals surface area contributed by atoms with E-state index >= 15 is 0 Å². The van der Waals surface area contributed by atoms with Gasteiger partial charge in [0.2, 0.25) is 0 Å². The van der Waals surface area contributed by atoms with Gasteiger partial charge in [-0.15, -0.1) is 21.5 Å². The predicted molar refractivity (Wildman–Crippen MR) is 90.0 cm³/mol. The highest BCUT2D eigenvalue weighted by molar-refractivity contribution is 7.20. The first-order valence-electron chi connectivity index (χ1n) is 7.60. The van der Waals surface area contributed by atoms with Crippen LogP contribution in [0.1, 0.15) is 48.8 Å². The van der Waals surface area contributed by atoms with Gasteiger partial charge in [-0.1, -0.05) is 20.8 Å². The SMILES string of the molecule is CCOC(=O)c1sc2ncn3c(CC(C)(C)C)nnc3c2c1C. The largest absolute Gasteiger partial charge is 0.462 e. The van der Waals surface area contributed by atoms with Crippen molar-refractivity contribution in [3.63, 3.8) is 0 Å². The van der Waals surface area contributed by atoms with Crippen molar-refractivity contribution in [2.45, 2.75) is 41.0 Å². The molecule has 0 radical (unpaired) electrons. The topological polar surface area (TPSA) is 69.4 Å². The Labute approximate surface area is 138 Å². The van der Waals surface area contributed by atoms with Crippen LogP contribution in [-0.2, 0) is 11.2 Å². The standard InChI is InChI=1S/C16H20N4O2S/c1-6-22-15(21)12-9(2)11-13-19-18-10(7-16(3,4)5)20(13)8-17-14(11)23-12/h8H,6-7H2,1-5H3. The van der Waals surface area contributed by atoms with Gasteiger partial charge in [0.05, 0.1) is 12.0 Å². The molecule has 0 unspecified atom stereocenters. The Morgan fingerprint density at radius 1 is 1.35 bits per heavy atom. The van der Waals surface area contributed by atoms with Crippen molar-refractivity contribution in [1.82, 2.24) is 19.6 Å². The molecular weight excluding hydrogens is 312 g/mol. The highest BCUT2D eigenvalue weighted by atomic mass is 32.1. The Hall–Kier alpha value is -2.02. The highest BCUT2D eigenvalue weighted by Crippen LogP contribution is 2.32. The molecule has 6 nitrogen and oxygen atoms in total. The molecule has 3 aromatic heterocycles. The molecule has 0 aliphatic carbocycles. The van der Waals surface area contributed by atoms with Gasteiger partial charge in [-0.25, -0.2) is 9.78 Å². The summed E-state index contributed by atoms with van der Waals surface area (Å²) in [7, 11) is 0. The predicted octanol–water partition coefficient (Wildman–Crippen LogP) is 3.41. The minimum Gasteiger partial charge on any atom is -0.462 e. The van der Waals surface area contributed by atoms with E-state index < -0.39 is 0 Å². The van der Waals surface area contributed by atoms with Crippen molar-refractivity contribution < 1.29 is 9.53 Å². The van der Waals surface area contributed by atoms with Crippen molar-refractivity contribution in [3.8, 4) is 0 Å². The van der Waals surface area contributed by atoms with Gasteiger partial charge in [0.1, 0.15) is 21.9 Å². The van der Waals surface area contributed by atoms with Gasteiger partial charge < -0.3 is 4.74 Å². The Morgan fingerprint density at radius 2 is 2.09 bits per heavy atom. The summed E-state index contributed by atoms with van der Waals surface area (Å²) in [4.78, 5) is 17.9. The number of aromatic nitrogens is 4. The number of hydrogen-bond acceptors (Lipinski definition) is 6. The number of rotatable bonds is 3. The fourth-order valence-corrected chi connectivity index (χ4v) is 3.60. The van der Waals surface area contributed by atoms with Crippen molar-refractivity contribution in [1.29, 1.82) is 0 Å². The van der Waals surface area contributed by atoms with Crippen LogP contribution >= 0.6 is 11.3 Å². The molecule has 3 heterocycles. The maximum Gasteiger partial charge on any atom is 0.348 e. The van der Waals surface area contributed by atoms with Crippen molar-refractivity contribution >= 4 is 33.2 Å². The van der Waals surface area contributed by atoms with Crippen molar-refractivity contribution in [2.24, 2.45) is 5.41 Å². The molecule has 3 rings (SSSR count).